The van der Waals surface area contributed by atoms with E-state index in [1.807, 2.05) is 14.0 Å². The van der Waals surface area contributed by atoms with Crippen LogP contribution in [-0.4, -0.2) is 21.0 Å². The first-order chi connectivity index (χ1) is 7.34. The van der Waals surface area contributed by atoms with Gasteiger partial charge in [0.15, 0.2) is 0 Å². The third-order valence-electron chi connectivity index (χ3n) is 3.34. The van der Waals surface area contributed by atoms with E-state index in [0.29, 0.717) is 17.5 Å². The lowest BCUT2D eigenvalue weighted by molar-refractivity contribution is 0.0920. The Kier molecular flexibility index (Phi) is 4.39. The molecule has 1 N–H and O–H groups in total. The Hall–Kier alpha value is -0.540. The first kappa shape index (κ1) is 13.5. The van der Waals surface area contributed by atoms with Crippen molar-refractivity contribution in [2.24, 2.45) is 18.9 Å². The molecule has 0 aliphatic heterocycles. The lowest BCUT2D eigenvalue weighted by Gasteiger charge is -2.22. The zero-order valence-electron chi connectivity index (χ0n) is 10.7. The summed E-state index contributed by atoms with van der Waals surface area (Å²) in [5.41, 5.74) is 1.87. The molecule has 1 aromatic heterocycles. The van der Waals surface area contributed by atoms with Crippen LogP contribution in [0.1, 0.15) is 32.0 Å². The minimum Gasteiger partial charge on any atom is -0.392 e. The summed E-state index contributed by atoms with van der Waals surface area (Å²) in [7, 11) is 1.82. The van der Waals surface area contributed by atoms with Crippen LogP contribution in [-0.2, 0) is 13.5 Å². The van der Waals surface area contributed by atoms with Gasteiger partial charge in [-0.15, -0.1) is 0 Å². The molecule has 3 nitrogen and oxygen atoms in total. The predicted octanol–water partition coefficient (Wildman–Crippen LogP) is 2.58. The van der Waals surface area contributed by atoms with E-state index in [9.17, 15) is 5.11 Å². The summed E-state index contributed by atoms with van der Waals surface area (Å²) in [6, 6.07) is 0. The predicted molar refractivity (Wildman–Crippen MR) is 66.7 cm³/mol. The van der Waals surface area contributed by atoms with Crippen LogP contribution in [0.4, 0.5) is 0 Å². The molecule has 0 aromatic carbocycles. The maximum atomic E-state index is 10.1. The van der Waals surface area contributed by atoms with Crippen molar-refractivity contribution in [1.29, 1.82) is 0 Å². The quantitative estimate of drug-likeness (QED) is 0.884. The van der Waals surface area contributed by atoms with Crippen LogP contribution in [0.25, 0.3) is 0 Å². The van der Waals surface area contributed by atoms with Crippen molar-refractivity contribution in [3.63, 3.8) is 0 Å². The number of rotatable bonds is 4. The Morgan fingerprint density at radius 2 is 1.94 bits per heavy atom. The number of hydrogen-bond acceptors (Lipinski definition) is 2. The maximum Gasteiger partial charge on any atom is 0.130 e. The molecule has 0 bridgehead atoms. The maximum absolute atomic E-state index is 10.1. The molecule has 0 spiro atoms. The summed E-state index contributed by atoms with van der Waals surface area (Å²) in [4.78, 5) is 0. The van der Waals surface area contributed by atoms with Gasteiger partial charge in [0, 0.05) is 19.0 Å². The monoisotopic (exact) mass is 244 g/mol. The molecular weight excluding hydrogens is 224 g/mol. The van der Waals surface area contributed by atoms with Crippen LogP contribution in [0.2, 0.25) is 5.15 Å². The number of aromatic nitrogens is 2. The molecule has 1 heterocycles. The Bertz CT molecular complexity index is 360. The van der Waals surface area contributed by atoms with E-state index in [1.54, 1.807) is 4.68 Å². The first-order valence-corrected chi connectivity index (χ1v) is 6.08. The smallest absolute Gasteiger partial charge is 0.130 e. The van der Waals surface area contributed by atoms with Gasteiger partial charge in [-0.05, 0) is 18.8 Å². The van der Waals surface area contributed by atoms with Gasteiger partial charge < -0.3 is 5.11 Å². The molecule has 2 atom stereocenters. The van der Waals surface area contributed by atoms with E-state index in [4.69, 9.17) is 11.6 Å². The fourth-order valence-electron chi connectivity index (χ4n) is 1.75. The van der Waals surface area contributed by atoms with Crippen molar-refractivity contribution >= 4 is 11.6 Å². The number of aliphatic hydroxyl groups excluding tert-OH is 1. The summed E-state index contributed by atoms with van der Waals surface area (Å²) in [6.07, 6.45) is 0.220. The van der Waals surface area contributed by atoms with Crippen LogP contribution in [0.5, 0.6) is 0 Å². The average Bonchev–Trinajstić information content (AvgIpc) is 2.43. The molecule has 92 valence electrons. The zero-order chi connectivity index (χ0) is 12.5. The summed E-state index contributed by atoms with van der Waals surface area (Å²) in [5, 5.41) is 15.0. The molecule has 0 aliphatic carbocycles. The standard InChI is InChI=1S/C12H21ClN2O/c1-7(2)8(3)11(16)6-10-9(4)14-15(5)12(10)13/h7-8,11,16H,6H2,1-5H3. The lowest BCUT2D eigenvalue weighted by Crippen LogP contribution is -2.24. The average molecular weight is 245 g/mol. The van der Waals surface area contributed by atoms with Gasteiger partial charge in [0.25, 0.3) is 0 Å². The highest BCUT2D eigenvalue weighted by molar-refractivity contribution is 6.30. The topological polar surface area (TPSA) is 38.0 Å². The van der Waals surface area contributed by atoms with Crippen molar-refractivity contribution < 1.29 is 5.11 Å². The van der Waals surface area contributed by atoms with E-state index in [0.717, 1.165) is 11.3 Å². The number of nitrogens with zero attached hydrogens (tertiary/aromatic N) is 2. The van der Waals surface area contributed by atoms with Crippen LogP contribution in [0.15, 0.2) is 0 Å². The van der Waals surface area contributed by atoms with Gasteiger partial charge in [-0.25, -0.2) is 0 Å². The Morgan fingerprint density at radius 1 is 1.38 bits per heavy atom. The van der Waals surface area contributed by atoms with E-state index in [2.05, 4.69) is 25.9 Å². The molecule has 0 saturated heterocycles. The van der Waals surface area contributed by atoms with E-state index in [1.165, 1.54) is 0 Å². The van der Waals surface area contributed by atoms with Gasteiger partial charge in [0.1, 0.15) is 5.15 Å². The Labute approximate surface area is 102 Å². The van der Waals surface area contributed by atoms with Gasteiger partial charge in [-0.1, -0.05) is 32.4 Å². The Balaban J connectivity index is 2.80. The van der Waals surface area contributed by atoms with Crippen LogP contribution in [0, 0.1) is 18.8 Å². The lowest BCUT2D eigenvalue weighted by atomic mass is 9.89. The zero-order valence-corrected chi connectivity index (χ0v) is 11.4. The first-order valence-electron chi connectivity index (χ1n) is 5.70. The highest BCUT2D eigenvalue weighted by atomic mass is 35.5. The molecule has 0 aliphatic rings. The second-order valence-electron chi connectivity index (χ2n) is 4.85. The second-order valence-corrected chi connectivity index (χ2v) is 5.21. The molecule has 0 amide bonds. The third-order valence-corrected chi connectivity index (χ3v) is 3.81. The van der Waals surface area contributed by atoms with E-state index in [-0.39, 0.29) is 12.0 Å². The number of hydrogen-bond donors (Lipinski definition) is 1. The van der Waals surface area contributed by atoms with Crippen LogP contribution in [0.3, 0.4) is 0 Å². The molecule has 2 unspecified atom stereocenters. The molecular formula is C12H21ClN2O. The summed E-state index contributed by atoms with van der Waals surface area (Å²) >= 11 is 6.13. The normalized spacial score (nSPS) is 15.5. The van der Waals surface area contributed by atoms with E-state index >= 15 is 0 Å². The van der Waals surface area contributed by atoms with Gasteiger partial charge >= 0.3 is 0 Å². The SMILES string of the molecule is Cc1nn(C)c(Cl)c1CC(O)C(C)C(C)C. The highest BCUT2D eigenvalue weighted by Crippen LogP contribution is 2.24. The fraction of sp³-hybridized carbons (Fsp3) is 0.750. The summed E-state index contributed by atoms with van der Waals surface area (Å²) in [5.74, 6) is 0.724. The molecule has 0 saturated carbocycles. The summed E-state index contributed by atoms with van der Waals surface area (Å²) in [6.45, 7) is 8.22. The van der Waals surface area contributed by atoms with Crippen LogP contribution < -0.4 is 0 Å². The third kappa shape index (κ3) is 2.77. The van der Waals surface area contributed by atoms with Gasteiger partial charge in [0.05, 0.1) is 11.8 Å². The largest absolute Gasteiger partial charge is 0.392 e. The number of halogens is 1. The minimum atomic E-state index is -0.361. The number of aliphatic hydroxyl groups is 1. The summed E-state index contributed by atoms with van der Waals surface area (Å²) < 4.78 is 1.65. The minimum absolute atomic E-state index is 0.260. The molecule has 4 heteroatoms. The Morgan fingerprint density at radius 3 is 2.31 bits per heavy atom. The second kappa shape index (κ2) is 5.19. The van der Waals surface area contributed by atoms with Crippen LogP contribution >= 0.6 is 11.6 Å². The van der Waals surface area contributed by atoms with Crippen molar-refractivity contribution in [3.05, 3.63) is 16.4 Å². The van der Waals surface area contributed by atoms with Crippen molar-refractivity contribution in [3.8, 4) is 0 Å². The fourth-order valence-corrected chi connectivity index (χ4v) is 2.00. The molecule has 16 heavy (non-hydrogen) atoms. The van der Waals surface area contributed by atoms with E-state index < -0.39 is 0 Å². The number of aryl methyl sites for hydroxylation is 2. The molecule has 1 rings (SSSR count). The van der Waals surface area contributed by atoms with Gasteiger partial charge in [-0.2, -0.15) is 5.10 Å². The molecule has 0 radical (unpaired) electrons. The van der Waals surface area contributed by atoms with Crippen molar-refractivity contribution in [1.82, 2.24) is 9.78 Å². The van der Waals surface area contributed by atoms with Crippen molar-refractivity contribution in [2.75, 3.05) is 0 Å². The molecule has 0 fully saturated rings. The van der Waals surface area contributed by atoms with Crippen molar-refractivity contribution in [2.45, 2.75) is 40.2 Å². The van der Waals surface area contributed by atoms with Gasteiger partial charge in [0.2, 0.25) is 0 Å². The molecule has 1 aromatic rings. The highest BCUT2D eigenvalue weighted by Gasteiger charge is 2.21. The van der Waals surface area contributed by atoms with Gasteiger partial charge in [-0.3, -0.25) is 4.68 Å².